The van der Waals surface area contributed by atoms with E-state index in [2.05, 4.69) is 20.8 Å². The third-order valence-electron chi connectivity index (χ3n) is 3.22. The van der Waals surface area contributed by atoms with Gasteiger partial charge in [-0.2, -0.15) is 8.42 Å². The Bertz CT molecular complexity index is 462. The molecule has 0 aromatic rings. The van der Waals surface area contributed by atoms with Crippen molar-refractivity contribution < 1.29 is 21.4 Å². The summed E-state index contributed by atoms with van der Waals surface area (Å²) in [7, 11) is -6.94. The van der Waals surface area contributed by atoms with Crippen molar-refractivity contribution in [1.82, 2.24) is 6.15 Å². The van der Waals surface area contributed by atoms with Crippen LogP contribution in [0.1, 0.15) is 78.6 Å². The first-order valence-electron chi connectivity index (χ1n) is 8.43. The van der Waals surface area contributed by atoms with Gasteiger partial charge in [-0.15, -0.1) is 0 Å². The van der Waals surface area contributed by atoms with Crippen molar-refractivity contribution in [3.05, 3.63) is 0 Å². The second-order valence-corrected chi connectivity index (χ2v) is 9.62. The largest absolute Gasteiger partial charge is 0.344 e. The summed E-state index contributed by atoms with van der Waals surface area (Å²) in [5.74, 6) is 0.689. The molecule has 0 amide bonds. The fourth-order valence-electron chi connectivity index (χ4n) is 1.92. The summed E-state index contributed by atoms with van der Waals surface area (Å²) in [5.41, 5.74) is 0. The Kier molecular flexibility index (Phi) is 19.4. The first kappa shape index (κ1) is 28.6. The molecule has 24 heavy (non-hydrogen) atoms. The molecule has 0 spiro atoms. The molecule has 7 nitrogen and oxygen atoms in total. The van der Waals surface area contributed by atoms with Gasteiger partial charge in [-0.1, -0.05) is 65.7 Å². The van der Waals surface area contributed by atoms with Gasteiger partial charge in [0.25, 0.3) is 10.1 Å². The van der Waals surface area contributed by atoms with Gasteiger partial charge in [0.1, 0.15) is 0 Å². The molecule has 0 aliphatic carbocycles. The van der Waals surface area contributed by atoms with Crippen LogP contribution in [0.5, 0.6) is 0 Å². The molecule has 6 N–H and O–H groups in total. The summed E-state index contributed by atoms with van der Waals surface area (Å²) in [5, 5.41) is 4.82. The highest BCUT2D eigenvalue weighted by atomic mass is 32.2. The molecule has 0 fully saturated rings. The average molecular weight is 391 g/mol. The summed E-state index contributed by atoms with van der Waals surface area (Å²) in [6, 6.07) is 0. The van der Waals surface area contributed by atoms with E-state index >= 15 is 0 Å². The predicted molar refractivity (Wildman–Crippen MR) is 101 cm³/mol. The SMILES string of the molecule is CC(C)CCCCS(N)(=O)=O.CCCCCCCCS(=O)(=O)O.N. The van der Waals surface area contributed by atoms with Crippen molar-refractivity contribution >= 4 is 20.1 Å². The quantitative estimate of drug-likeness (QED) is 0.343. The van der Waals surface area contributed by atoms with Gasteiger partial charge >= 0.3 is 0 Å². The fourth-order valence-corrected chi connectivity index (χ4v) is 3.10. The Morgan fingerprint density at radius 1 is 0.833 bits per heavy atom. The van der Waals surface area contributed by atoms with Gasteiger partial charge in [-0.3, -0.25) is 4.55 Å². The number of rotatable bonds is 12. The zero-order chi connectivity index (χ0) is 18.4. The van der Waals surface area contributed by atoms with E-state index in [-0.39, 0.29) is 17.7 Å². The van der Waals surface area contributed by atoms with E-state index in [0.29, 0.717) is 18.8 Å². The van der Waals surface area contributed by atoms with Crippen LogP contribution < -0.4 is 11.3 Å². The van der Waals surface area contributed by atoms with E-state index in [1.807, 2.05) is 0 Å². The zero-order valence-corrected chi connectivity index (χ0v) is 17.2. The van der Waals surface area contributed by atoms with Gasteiger partial charge in [0.2, 0.25) is 10.0 Å². The third kappa shape index (κ3) is 33.4. The maximum atomic E-state index is 10.5. The standard InChI is InChI=1S/C8H18O3S.C7H17NO2S.H3N/c1-2-3-4-5-6-7-8-12(9,10)11;1-7(2)5-3-4-6-11(8,9)10;/h2-8H2,1H3,(H,9,10,11);7H,3-6H2,1-2H3,(H2,8,9,10);1H3. The average Bonchev–Trinajstić information content (AvgIpc) is 2.37. The summed E-state index contributed by atoms with van der Waals surface area (Å²) >= 11 is 0. The van der Waals surface area contributed by atoms with E-state index in [4.69, 9.17) is 9.69 Å². The van der Waals surface area contributed by atoms with Gasteiger partial charge in [-0.25, -0.2) is 13.6 Å². The topological polar surface area (TPSA) is 150 Å². The van der Waals surface area contributed by atoms with Crippen molar-refractivity contribution in [3.63, 3.8) is 0 Å². The van der Waals surface area contributed by atoms with Crippen molar-refractivity contribution in [3.8, 4) is 0 Å². The molecule has 0 aliphatic rings. The summed E-state index contributed by atoms with van der Waals surface area (Å²) in [6.07, 6.45) is 8.86. The van der Waals surface area contributed by atoms with Crippen molar-refractivity contribution in [2.24, 2.45) is 11.1 Å². The van der Waals surface area contributed by atoms with E-state index < -0.39 is 20.1 Å². The minimum atomic E-state index is -3.72. The first-order chi connectivity index (χ1) is 10.5. The lowest BCUT2D eigenvalue weighted by Gasteiger charge is -2.02. The predicted octanol–water partition coefficient (Wildman–Crippen LogP) is 3.50. The van der Waals surface area contributed by atoms with E-state index in [1.165, 1.54) is 19.3 Å². The molecular weight excluding hydrogens is 352 g/mol. The van der Waals surface area contributed by atoms with Crippen LogP contribution in [-0.4, -0.2) is 32.9 Å². The number of sulfonamides is 1. The lowest BCUT2D eigenvalue weighted by molar-refractivity contribution is 0.478. The highest BCUT2D eigenvalue weighted by Gasteiger charge is 2.02. The molecule has 0 bridgehead atoms. The Hall–Kier alpha value is -0.220. The summed E-state index contributed by atoms with van der Waals surface area (Å²) in [6.45, 7) is 6.38. The molecule has 0 radical (unpaired) electrons. The van der Waals surface area contributed by atoms with Gasteiger partial charge in [0.15, 0.2) is 0 Å². The van der Waals surface area contributed by atoms with Gasteiger partial charge < -0.3 is 6.15 Å². The molecular formula is C15H38N2O5S2. The first-order valence-corrected chi connectivity index (χ1v) is 11.8. The Labute approximate surface area is 149 Å². The molecule has 9 heteroatoms. The highest BCUT2D eigenvalue weighted by Crippen LogP contribution is 2.06. The van der Waals surface area contributed by atoms with Crippen LogP contribution in [0.25, 0.3) is 0 Å². The van der Waals surface area contributed by atoms with Crippen LogP contribution in [0.15, 0.2) is 0 Å². The second kappa shape index (κ2) is 16.3. The molecule has 0 heterocycles. The Morgan fingerprint density at radius 3 is 1.71 bits per heavy atom. The van der Waals surface area contributed by atoms with Crippen molar-refractivity contribution in [2.75, 3.05) is 11.5 Å². The monoisotopic (exact) mass is 390 g/mol. The molecule has 0 unspecified atom stereocenters. The molecule has 0 aromatic carbocycles. The minimum Gasteiger partial charge on any atom is -0.344 e. The molecule has 0 aromatic heterocycles. The number of primary sulfonamides is 1. The number of unbranched alkanes of at least 4 members (excludes halogenated alkanes) is 6. The van der Waals surface area contributed by atoms with Crippen LogP contribution >= 0.6 is 0 Å². The molecule has 150 valence electrons. The zero-order valence-electron chi connectivity index (χ0n) is 15.5. The van der Waals surface area contributed by atoms with Gasteiger partial charge in [0.05, 0.1) is 11.5 Å². The Morgan fingerprint density at radius 2 is 1.29 bits per heavy atom. The number of hydrogen-bond acceptors (Lipinski definition) is 5. The maximum absolute atomic E-state index is 10.5. The number of nitrogens with two attached hydrogens (primary N) is 1. The van der Waals surface area contributed by atoms with Crippen molar-refractivity contribution in [1.29, 1.82) is 0 Å². The highest BCUT2D eigenvalue weighted by molar-refractivity contribution is 7.89. The fraction of sp³-hybridized carbons (Fsp3) is 1.00. The number of hydrogen-bond donors (Lipinski definition) is 3. The van der Waals surface area contributed by atoms with E-state index in [1.54, 1.807) is 0 Å². The molecule has 0 aliphatic heterocycles. The molecule has 0 atom stereocenters. The normalized spacial score (nSPS) is 11.6. The van der Waals surface area contributed by atoms with Crippen LogP contribution in [0.3, 0.4) is 0 Å². The van der Waals surface area contributed by atoms with Crippen LogP contribution in [-0.2, 0) is 20.1 Å². The van der Waals surface area contributed by atoms with Gasteiger partial charge in [0, 0.05) is 0 Å². The van der Waals surface area contributed by atoms with Crippen molar-refractivity contribution in [2.45, 2.75) is 78.6 Å². The minimum absolute atomic E-state index is 0. The molecule has 0 rings (SSSR count). The molecule has 0 saturated carbocycles. The maximum Gasteiger partial charge on any atom is 0.264 e. The van der Waals surface area contributed by atoms with Crippen LogP contribution in [0.4, 0.5) is 0 Å². The smallest absolute Gasteiger partial charge is 0.264 e. The lowest BCUT2D eigenvalue weighted by atomic mass is 10.1. The summed E-state index contributed by atoms with van der Waals surface area (Å²) < 4.78 is 49.9. The lowest BCUT2D eigenvalue weighted by Crippen LogP contribution is -2.16. The van der Waals surface area contributed by atoms with Crippen LogP contribution in [0, 0.1) is 5.92 Å². The van der Waals surface area contributed by atoms with Gasteiger partial charge in [-0.05, 0) is 18.8 Å². The van der Waals surface area contributed by atoms with Crippen LogP contribution in [0.2, 0.25) is 0 Å². The Balaban J connectivity index is -0.000000354. The molecule has 0 saturated heterocycles. The summed E-state index contributed by atoms with van der Waals surface area (Å²) in [4.78, 5) is 0. The van der Waals surface area contributed by atoms with E-state index in [9.17, 15) is 16.8 Å². The third-order valence-corrected chi connectivity index (χ3v) is 4.88. The second-order valence-electron chi connectivity index (χ2n) is 6.31. The van der Waals surface area contributed by atoms with E-state index in [0.717, 1.165) is 25.7 Å².